The SMILES string of the molecule is CCC(CCCl)CNS(=O)(=O)N1CCC(C)CC1. The summed E-state index contributed by atoms with van der Waals surface area (Å²) in [5.74, 6) is 1.55. The van der Waals surface area contributed by atoms with Gasteiger partial charge in [0.25, 0.3) is 10.2 Å². The van der Waals surface area contributed by atoms with Crippen LogP contribution >= 0.6 is 11.6 Å². The quantitative estimate of drug-likeness (QED) is 0.732. The van der Waals surface area contributed by atoms with Crippen LogP contribution in [-0.2, 0) is 10.2 Å². The molecule has 0 bridgehead atoms. The second-order valence-corrected chi connectivity index (χ2v) is 7.32. The molecule has 1 aliphatic heterocycles. The van der Waals surface area contributed by atoms with Crippen molar-refractivity contribution in [1.29, 1.82) is 0 Å². The van der Waals surface area contributed by atoms with Gasteiger partial charge in [0.05, 0.1) is 0 Å². The average molecular weight is 297 g/mol. The Balaban J connectivity index is 2.44. The van der Waals surface area contributed by atoms with Gasteiger partial charge in [-0.25, -0.2) is 4.72 Å². The Hall–Kier alpha value is 0.160. The lowest BCUT2D eigenvalue weighted by atomic mass is 10.0. The zero-order chi connectivity index (χ0) is 13.6. The van der Waals surface area contributed by atoms with Gasteiger partial charge in [-0.1, -0.05) is 20.3 Å². The van der Waals surface area contributed by atoms with Gasteiger partial charge in [-0.05, 0) is 31.1 Å². The van der Waals surface area contributed by atoms with E-state index in [0.717, 1.165) is 25.7 Å². The van der Waals surface area contributed by atoms with E-state index in [4.69, 9.17) is 11.6 Å². The molecule has 4 nitrogen and oxygen atoms in total. The lowest BCUT2D eigenvalue weighted by Gasteiger charge is -2.30. The molecule has 1 atom stereocenters. The first-order valence-electron chi connectivity index (χ1n) is 6.80. The molecule has 0 amide bonds. The molecule has 18 heavy (non-hydrogen) atoms. The summed E-state index contributed by atoms with van der Waals surface area (Å²) in [6.07, 6.45) is 3.73. The molecule has 1 aliphatic rings. The fraction of sp³-hybridized carbons (Fsp3) is 1.00. The summed E-state index contributed by atoms with van der Waals surface area (Å²) in [4.78, 5) is 0. The molecule has 0 aromatic heterocycles. The van der Waals surface area contributed by atoms with Gasteiger partial charge in [0.2, 0.25) is 0 Å². The standard InChI is InChI=1S/C12H25ClN2O2S/c1-3-12(4-7-13)10-14-18(16,17)15-8-5-11(2)6-9-15/h11-12,14H,3-10H2,1-2H3. The Morgan fingerprint density at radius 3 is 2.50 bits per heavy atom. The highest BCUT2D eigenvalue weighted by Crippen LogP contribution is 2.18. The number of rotatable bonds is 7. The third-order valence-corrected chi connectivity index (χ3v) is 5.53. The van der Waals surface area contributed by atoms with Gasteiger partial charge >= 0.3 is 0 Å². The largest absolute Gasteiger partial charge is 0.279 e. The molecule has 108 valence electrons. The van der Waals surface area contributed by atoms with Gasteiger partial charge in [0.15, 0.2) is 0 Å². The monoisotopic (exact) mass is 296 g/mol. The molecule has 0 aromatic carbocycles. The topological polar surface area (TPSA) is 49.4 Å². The molecule has 0 aromatic rings. The Kier molecular flexibility index (Phi) is 6.92. The van der Waals surface area contributed by atoms with E-state index in [1.54, 1.807) is 4.31 Å². The normalized spacial score (nSPS) is 21.1. The average Bonchev–Trinajstić information content (AvgIpc) is 2.35. The summed E-state index contributed by atoms with van der Waals surface area (Å²) in [6.45, 7) is 6.02. The first kappa shape index (κ1) is 16.2. The predicted molar refractivity (Wildman–Crippen MR) is 76.0 cm³/mol. The maximum Gasteiger partial charge on any atom is 0.279 e. The first-order valence-corrected chi connectivity index (χ1v) is 8.77. The van der Waals surface area contributed by atoms with E-state index in [2.05, 4.69) is 18.6 Å². The Morgan fingerprint density at radius 2 is 2.00 bits per heavy atom. The van der Waals surface area contributed by atoms with Crippen LogP contribution in [0, 0.1) is 11.8 Å². The van der Waals surface area contributed by atoms with Crippen LogP contribution in [0.3, 0.4) is 0 Å². The zero-order valence-corrected chi connectivity index (χ0v) is 12.9. The number of nitrogens with zero attached hydrogens (tertiary/aromatic N) is 1. The van der Waals surface area contributed by atoms with Crippen LogP contribution in [0.15, 0.2) is 0 Å². The number of hydrogen-bond acceptors (Lipinski definition) is 2. The fourth-order valence-corrected chi connectivity index (χ4v) is 3.77. The van der Waals surface area contributed by atoms with Crippen molar-refractivity contribution in [1.82, 2.24) is 9.03 Å². The lowest BCUT2D eigenvalue weighted by molar-refractivity contribution is 0.284. The maximum atomic E-state index is 12.1. The molecule has 1 unspecified atom stereocenters. The van der Waals surface area contributed by atoms with Crippen LogP contribution in [0.2, 0.25) is 0 Å². The minimum Gasteiger partial charge on any atom is -0.202 e. The first-order chi connectivity index (χ1) is 8.49. The van der Waals surface area contributed by atoms with E-state index >= 15 is 0 Å². The number of hydrogen-bond donors (Lipinski definition) is 1. The molecule has 1 heterocycles. The van der Waals surface area contributed by atoms with E-state index in [-0.39, 0.29) is 0 Å². The molecule has 6 heteroatoms. The molecule has 1 fully saturated rings. The summed E-state index contributed by atoms with van der Waals surface area (Å²) < 4.78 is 28.5. The second-order valence-electron chi connectivity index (χ2n) is 5.19. The van der Waals surface area contributed by atoms with Crippen molar-refractivity contribution in [3.05, 3.63) is 0 Å². The van der Waals surface area contributed by atoms with Crippen LogP contribution in [-0.4, -0.2) is 38.2 Å². The Labute approximate surface area is 116 Å². The van der Waals surface area contributed by atoms with Crippen molar-refractivity contribution >= 4 is 21.8 Å². The van der Waals surface area contributed by atoms with Gasteiger partial charge in [-0.15, -0.1) is 11.6 Å². The molecule has 0 spiro atoms. The molecular weight excluding hydrogens is 272 g/mol. The summed E-state index contributed by atoms with van der Waals surface area (Å²) in [5, 5.41) is 0. The summed E-state index contributed by atoms with van der Waals surface area (Å²) in [7, 11) is -3.29. The van der Waals surface area contributed by atoms with E-state index in [1.165, 1.54) is 0 Å². The van der Waals surface area contributed by atoms with Gasteiger partial charge in [-0.3, -0.25) is 0 Å². The highest BCUT2D eigenvalue weighted by atomic mass is 35.5. The summed E-state index contributed by atoms with van der Waals surface area (Å²) in [5.41, 5.74) is 0. The smallest absolute Gasteiger partial charge is 0.202 e. The van der Waals surface area contributed by atoms with Crippen molar-refractivity contribution in [3.8, 4) is 0 Å². The van der Waals surface area contributed by atoms with E-state index in [0.29, 0.717) is 37.4 Å². The molecule has 1 saturated heterocycles. The molecule has 0 aliphatic carbocycles. The summed E-state index contributed by atoms with van der Waals surface area (Å²) >= 11 is 5.70. The number of piperidine rings is 1. The van der Waals surface area contributed by atoms with Crippen molar-refractivity contribution in [2.45, 2.75) is 39.5 Å². The number of nitrogens with one attached hydrogen (secondary N) is 1. The fourth-order valence-electron chi connectivity index (χ4n) is 2.14. The minimum atomic E-state index is -3.29. The van der Waals surface area contributed by atoms with Gasteiger partial charge < -0.3 is 0 Å². The third-order valence-electron chi connectivity index (χ3n) is 3.73. The summed E-state index contributed by atoms with van der Waals surface area (Å²) in [6, 6.07) is 0. The van der Waals surface area contributed by atoms with Crippen LogP contribution in [0.25, 0.3) is 0 Å². The Bertz CT molecular complexity index is 327. The van der Waals surface area contributed by atoms with Crippen molar-refractivity contribution in [2.24, 2.45) is 11.8 Å². The van der Waals surface area contributed by atoms with E-state index < -0.39 is 10.2 Å². The highest BCUT2D eigenvalue weighted by molar-refractivity contribution is 7.87. The number of alkyl halides is 1. The number of halogens is 1. The van der Waals surface area contributed by atoms with E-state index in [9.17, 15) is 8.42 Å². The zero-order valence-electron chi connectivity index (χ0n) is 11.4. The molecular formula is C12H25ClN2O2S. The molecule has 1 N–H and O–H groups in total. The van der Waals surface area contributed by atoms with Gasteiger partial charge in [0, 0.05) is 25.5 Å². The van der Waals surface area contributed by atoms with Crippen molar-refractivity contribution < 1.29 is 8.42 Å². The molecule has 1 rings (SSSR count). The van der Waals surface area contributed by atoms with Gasteiger partial charge in [0.1, 0.15) is 0 Å². The maximum absolute atomic E-state index is 12.1. The lowest BCUT2D eigenvalue weighted by Crippen LogP contribution is -2.45. The molecule has 0 radical (unpaired) electrons. The Morgan fingerprint density at radius 1 is 1.39 bits per heavy atom. The van der Waals surface area contributed by atoms with Crippen molar-refractivity contribution in [2.75, 3.05) is 25.5 Å². The van der Waals surface area contributed by atoms with Crippen LogP contribution in [0.5, 0.6) is 0 Å². The minimum absolute atomic E-state index is 0.334. The highest BCUT2D eigenvalue weighted by Gasteiger charge is 2.26. The van der Waals surface area contributed by atoms with Crippen molar-refractivity contribution in [3.63, 3.8) is 0 Å². The third kappa shape index (κ3) is 5.03. The van der Waals surface area contributed by atoms with Crippen LogP contribution in [0.1, 0.15) is 39.5 Å². The van der Waals surface area contributed by atoms with Gasteiger partial charge in [-0.2, -0.15) is 12.7 Å². The second kappa shape index (κ2) is 7.68. The predicted octanol–water partition coefficient (Wildman–Crippen LogP) is 2.21. The van der Waals surface area contributed by atoms with E-state index in [1.807, 2.05) is 0 Å². The van der Waals surface area contributed by atoms with Crippen LogP contribution in [0.4, 0.5) is 0 Å². The molecule has 0 saturated carbocycles. The van der Waals surface area contributed by atoms with Crippen LogP contribution < -0.4 is 4.72 Å².